The van der Waals surface area contributed by atoms with Gasteiger partial charge in [0, 0.05) is 31.6 Å². The van der Waals surface area contributed by atoms with Crippen molar-refractivity contribution in [1.82, 2.24) is 10.2 Å². The van der Waals surface area contributed by atoms with E-state index in [4.69, 9.17) is 0 Å². The third kappa shape index (κ3) is 3.44. The Balaban J connectivity index is 1.95. The molecule has 1 heterocycles. The lowest BCUT2D eigenvalue weighted by Crippen LogP contribution is -2.52. The minimum absolute atomic E-state index is 0.318. The van der Waals surface area contributed by atoms with Crippen LogP contribution in [0.4, 0.5) is 0 Å². The molecule has 17 heavy (non-hydrogen) atoms. The summed E-state index contributed by atoms with van der Waals surface area (Å²) in [6.07, 6.45) is 4.53. The number of likely N-dealkylation sites (tertiary alicyclic amines) is 1. The Hall–Kier alpha value is -0.570. The first-order valence-corrected chi connectivity index (χ1v) is 7.14. The van der Waals surface area contributed by atoms with Gasteiger partial charge in [0.15, 0.2) is 0 Å². The molecule has 0 spiro atoms. The number of carbonyl (C=O) groups is 1. The van der Waals surface area contributed by atoms with E-state index in [0.717, 1.165) is 19.1 Å². The Bertz CT molecular complexity index is 273. The summed E-state index contributed by atoms with van der Waals surface area (Å²) in [5, 5.41) is 3.69. The zero-order chi connectivity index (χ0) is 12.4. The minimum atomic E-state index is 0.318. The molecule has 2 fully saturated rings. The highest BCUT2D eigenvalue weighted by molar-refractivity contribution is 5.76. The van der Waals surface area contributed by atoms with Gasteiger partial charge in [-0.3, -0.25) is 4.79 Å². The van der Waals surface area contributed by atoms with Crippen LogP contribution in [0, 0.1) is 11.8 Å². The van der Waals surface area contributed by atoms with Crippen molar-refractivity contribution in [2.24, 2.45) is 11.8 Å². The van der Waals surface area contributed by atoms with Crippen molar-refractivity contribution in [2.75, 3.05) is 13.1 Å². The van der Waals surface area contributed by atoms with Gasteiger partial charge < -0.3 is 10.2 Å². The molecule has 1 N–H and O–H groups in total. The zero-order valence-electron chi connectivity index (χ0n) is 11.4. The second-order valence-electron chi connectivity index (χ2n) is 6.03. The molecule has 1 saturated carbocycles. The average molecular weight is 238 g/mol. The lowest BCUT2D eigenvalue weighted by Gasteiger charge is -2.40. The van der Waals surface area contributed by atoms with Crippen molar-refractivity contribution < 1.29 is 4.79 Å². The van der Waals surface area contributed by atoms with Crippen molar-refractivity contribution in [3.8, 4) is 0 Å². The predicted octanol–water partition coefficient (Wildman–Crippen LogP) is 2.02. The highest BCUT2D eigenvalue weighted by atomic mass is 16.2. The number of rotatable bonds is 4. The molecular weight excluding hydrogens is 212 g/mol. The molecule has 0 aromatic carbocycles. The van der Waals surface area contributed by atoms with Crippen LogP contribution in [-0.4, -0.2) is 36.0 Å². The number of nitrogens with zero attached hydrogens (tertiary/aromatic N) is 1. The number of amides is 1. The van der Waals surface area contributed by atoms with E-state index in [1.54, 1.807) is 0 Å². The van der Waals surface area contributed by atoms with Gasteiger partial charge in [0.1, 0.15) is 0 Å². The Morgan fingerprint density at radius 3 is 2.53 bits per heavy atom. The number of piperidine rings is 1. The SMILES string of the molecule is CCC(=O)N1CC(NC2CC2)CC(C(C)C)C1. The Labute approximate surface area is 105 Å². The van der Waals surface area contributed by atoms with Crippen molar-refractivity contribution in [2.45, 2.75) is 58.5 Å². The molecule has 1 aliphatic heterocycles. The molecule has 0 aromatic heterocycles. The second kappa shape index (κ2) is 5.38. The van der Waals surface area contributed by atoms with Gasteiger partial charge >= 0.3 is 0 Å². The minimum Gasteiger partial charge on any atom is -0.341 e. The van der Waals surface area contributed by atoms with Crippen LogP contribution in [0.25, 0.3) is 0 Å². The fourth-order valence-corrected chi connectivity index (χ4v) is 2.75. The summed E-state index contributed by atoms with van der Waals surface area (Å²) in [5.41, 5.74) is 0. The first-order chi connectivity index (χ1) is 8.10. The van der Waals surface area contributed by atoms with Gasteiger partial charge in [0.2, 0.25) is 5.91 Å². The highest BCUT2D eigenvalue weighted by Gasteiger charge is 2.33. The van der Waals surface area contributed by atoms with Gasteiger partial charge in [-0.1, -0.05) is 20.8 Å². The smallest absolute Gasteiger partial charge is 0.222 e. The normalized spacial score (nSPS) is 29.8. The molecule has 98 valence electrons. The largest absolute Gasteiger partial charge is 0.341 e. The van der Waals surface area contributed by atoms with Crippen LogP contribution in [-0.2, 0) is 4.79 Å². The standard InChI is InChI=1S/C14H26N2O/c1-4-14(17)16-8-11(10(2)3)7-13(9-16)15-12-5-6-12/h10-13,15H,4-9H2,1-3H3. The van der Waals surface area contributed by atoms with Gasteiger partial charge in [-0.2, -0.15) is 0 Å². The van der Waals surface area contributed by atoms with Crippen molar-refractivity contribution in [3.05, 3.63) is 0 Å². The Kier molecular flexibility index (Phi) is 4.08. The molecule has 2 rings (SSSR count). The van der Waals surface area contributed by atoms with E-state index in [0.29, 0.717) is 30.2 Å². The summed E-state index contributed by atoms with van der Waals surface area (Å²) in [7, 11) is 0. The Morgan fingerprint density at radius 1 is 1.29 bits per heavy atom. The monoisotopic (exact) mass is 238 g/mol. The van der Waals surface area contributed by atoms with Gasteiger partial charge in [0.25, 0.3) is 0 Å². The number of hydrogen-bond acceptors (Lipinski definition) is 2. The van der Waals surface area contributed by atoms with Gasteiger partial charge in [-0.05, 0) is 31.1 Å². The molecule has 3 heteroatoms. The summed E-state index contributed by atoms with van der Waals surface area (Å²) in [6.45, 7) is 8.40. The lowest BCUT2D eigenvalue weighted by atomic mass is 9.85. The Morgan fingerprint density at radius 2 is 2.00 bits per heavy atom. The fraction of sp³-hybridized carbons (Fsp3) is 0.929. The van der Waals surface area contributed by atoms with Crippen molar-refractivity contribution >= 4 is 5.91 Å². The lowest BCUT2D eigenvalue weighted by molar-refractivity contribution is -0.133. The molecular formula is C14H26N2O. The maximum atomic E-state index is 11.9. The molecule has 2 aliphatic rings. The van der Waals surface area contributed by atoms with E-state index >= 15 is 0 Å². The molecule has 0 radical (unpaired) electrons. The maximum absolute atomic E-state index is 11.9. The van der Waals surface area contributed by atoms with Crippen LogP contribution in [0.15, 0.2) is 0 Å². The molecule has 0 aromatic rings. The maximum Gasteiger partial charge on any atom is 0.222 e. The third-order valence-electron chi connectivity index (χ3n) is 4.13. The van der Waals surface area contributed by atoms with Crippen LogP contribution >= 0.6 is 0 Å². The van der Waals surface area contributed by atoms with Crippen LogP contribution in [0.2, 0.25) is 0 Å². The van der Waals surface area contributed by atoms with Gasteiger partial charge in [-0.15, -0.1) is 0 Å². The van der Waals surface area contributed by atoms with Crippen LogP contribution in [0.5, 0.6) is 0 Å². The topological polar surface area (TPSA) is 32.3 Å². The van der Waals surface area contributed by atoms with E-state index < -0.39 is 0 Å². The molecule has 3 nitrogen and oxygen atoms in total. The number of hydrogen-bond donors (Lipinski definition) is 1. The summed E-state index contributed by atoms with van der Waals surface area (Å²) >= 11 is 0. The highest BCUT2D eigenvalue weighted by Crippen LogP contribution is 2.27. The van der Waals surface area contributed by atoms with Gasteiger partial charge in [0.05, 0.1) is 0 Å². The summed E-state index contributed by atoms with van der Waals surface area (Å²) in [4.78, 5) is 14.0. The molecule has 1 aliphatic carbocycles. The summed E-state index contributed by atoms with van der Waals surface area (Å²) in [6, 6.07) is 1.27. The van der Waals surface area contributed by atoms with Crippen LogP contribution < -0.4 is 5.32 Å². The third-order valence-corrected chi connectivity index (χ3v) is 4.13. The van der Waals surface area contributed by atoms with Crippen molar-refractivity contribution in [3.63, 3.8) is 0 Å². The van der Waals surface area contributed by atoms with E-state index in [-0.39, 0.29) is 0 Å². The van der Waals surface area contributed by atoms with E-state index in [9.17, 15) is 4.79 Å². The number of nitrogens with one attached hydrogen (secondary N) is 1. The summed E-state index contributed by atoms with van der Waals surface area (Å²) < 4.78 is 0. The second-order valence-corrected chi connectivity index (χ2v) is 6.03. The van der Waals surface area contributed by atoms with Gasteiger partial charge in [-0.25, -0.2) is 0 Å². The van der Waals surface area contributed by atoms with Crippen LogP contribution in [0.3, 0.4) is 0 Å². The molecule has 0 bridgehead atoms. The van der Waals surface area contributed by atoms with Crippen molar-refractivity contribution in [1.29, 1.82) is 0 Å². The van der Waals surface area contributed by atoms with Crippen LogP contribution in [0.1, 0.15) is 46.5 Å². The summed E-state index contributed by atoms with van der Waals surface area (Å²) in [5.74, 6) is 1.65. The zero-order valence-corrected chi connectivity index (χ0v) is 11.4. The van der Waals surface area contributed by atoms with E-state index in [2.05, 4.69) is 24.1 Å². The molecule has 2 unspecified atom stereocenters. The quantitative estimate of drug-likeness (QED) is 0.812. The van der Waals surface area contributed by atoms with E-state index in [1.165, 1.54) is 19.3 Å². The average Bonchev–Trinajstić information content (AvgIpc) is 3.11. The predicted molar refractivity (Wildman–Crippen MR) is 69.8 cm³/mol. The molecule has 1 saturated heterocycles. The van der Waals surface area contributed by atoms with E-state index in [1.807, 2.05) is 6.92 Å². The fourth-order valence-electron chi connectivity index (χ4n) is 2.75. The first-order valence-electron chi connectivity index (χ1n) is 7.14. The molecule has 1 amide bonds. The number of carbonyl (C=O) groups excluding carboxylic acids is 1. The first kappa shape index (κ1) is 12.9. The molecule has 2 atom stereocenters.